The third-order valence-electron chi connectivity index (χ3n) is 4.61. The fraction of sp³-hybridized carbons (Fsp3) is 0.0909. The maximum absolute atomic E-state index is 13.4. The summed E-state index contributed by atoms with van der Waals surface area (Å²) in [6.07, 6.45) is 0. The van der Waals surface area contributed by atoms with Crippen molar-refractivity contribution in [3.63, 3.8) is 0 Å². The number of hydrogen-bond acceptors (Lipinski definition) is 3. The molecule has 0 radical (unpaired) electrons. The molecule has 0 bridgehead atoms. The van der Waals surface area contributed by atoms with Gasteiger partial charge >= 0.3 is 0 Å². The van der Waals surface area contributed by atoms with Gasteiger partial charge in [-0.25, -0.2) is 0 Å². The fourth-order valence-corrected chi connectivity index (χ4v) is 3.96. The number of hydrogen-bond donors (Lipinski definition) is 2. The van der Waals surface area contributed by atoms with Crippen LogP contribution >= 0.6 is 23.2 Å². The summed E-state index contributed by atoms with van der Waals surface area (Å²) in [4.78, 5) is 27.5. The van der Waals surface area contributed by atoms with E-state index >= 15 is 0 Å². The van der Waals surface area contributed by atoms with Crippen molar-refractivity contribution in [2.75, 3.05) is 22.1 Å². The van der Waals surface area contributed by atoms with Gasteiger partial charge in [0.05, 0.1) is 17.9 Å². The van der Waals surface area contributed by atoms with Gasteiger partial charge in [0, 0.05) is 15.7 Å². The number of carbonyl (C=O) groups excluding carboxylic acids is 2. The van der Waals surface area contributed by atoms with Crippen molar-refractivity contribution in [2.24, 2.45) is 0 Å². The van der Waals surface area contributed by atoms with E-state index in [9.17, 15) is 9.59 Å². The molecule has 0 spiro atoms. The third-order valence-corrected chi connectivity index (χ3v) is 5.04. The lowest BCUT2D eigenvalue weighted by Gasteiger charge is -2.36. The van der Waals surface area contributed by atoms with Crippen LogP contribution < -0.4 is 15.5 Å². The molecule has 1 heterocycles. The van der Waals surface area contributed by atoms with Crippen LogP contribution in [0.25, 0.3) is 0 Å². The number of amides is 2. The van der Waals surface area contributed by atoms with Gasteiger partial charge in [-0.15, -0.1) is 0 Å². The number of anilines is 3. The smallest absolute Gasteiger partial charge is 0.251 e. The second kappa shape index (κ2) is 8.15. The van der Waals surface area contributed by atoms with E-state index in [2.05, 4.69) is 10.6 Å². The molecule has 5 nitrogen and oxygen atoms in total. The van der Waals surface area contributed by atoms with Crippen molar-refractivity contribution in [3.8, 4) is 0 Å². The Labute approximate surface area is 178 Å². The van der Waals surface area contributed by atoms with E-state index in [1.807, 2.05) is 54.6 Å². The Morgan fingerprint density at radius 1 is 0.966 bits per heavy atom. The van der Waals surface area contributed by atoms with Crippen LogP contribution in [0.3, 0.4) is 0 Å². The van der Waals surface area contributed by atoms with Crippen LogP contribution in [-0.4, -0.2) is 18.4 Å². The summed E-state index contributed by atoms with van der Waals surface area (Å²) in [6, 6.07) is 20.9. The summed E-state index contributed by atoms with van der Waals surface area (Å²) in [7, 11) is 0. The van der Waals surface area contributed by atoms with Crippen LogP contribution in [0.2, 0.25) is 10.0 Å². The zero-order valence-electron chi connectivity index (χ0n) is 15.2. The van der Waals surface area contributed by atoms with Crippen LogP contribution in [0.1, 0.15) is 11.6 Å². The molecule has 1 aliphatic rings. The highest BCUT2D eigenvalue weighted by Gasteiger charge is 2.33. The van der Waals surface area contributed by atoms with E-state index in [1.54, 1.807) is 23.1 Å². The highest BCUT2D eigenvalue weighted by Crippen LogP contribution is 2.36. The molecule has 1 aliphatic heterocycles. The number of carbonyl (C=O) groups is 2. The monoisotopic (exact) mass is 425 g/mol. The average molecular weight is 426 g/mol. The molecule has 4 rings (SSSR count). The lowest BCUT2D eigenvalue weighted by molar-refractivity contribution is -0.118. The molecular weight excluding hydrogens is 409 g/mol. The molecule has 3 aromatic carbocycles. The second-order valence-corrected chi connectivity index (χ2v) is 7.53. The molecule has 3 aromatic rings. The maximum Gasteiger partial charge on any atom is 0.251 e. The molecule has 0 aliphatic carbocycles. The summed E-state index contributed by atoms with van der Waals surface area (Å²) in [5, 5.41) is 6.58. The summed E-state index contributed by atoms with van der Waals surface area (Å²) < 4.78 is 0. The summed E-state index contributed by atoms with van der Waals surface area (Å²) in [6.45, 7) is 0.0558. The van der Waals surface area contributed by atoms with Gasteiger partial charge in [-0.1, -0.05) is 65.7 Å². The van der Waals surface area contributed by atoms with Gasteiger partial charge in [0.2, 0.25) is 5.91 Å². The Hall–Kier alpha value is -3.02. The predicted molar refractivity (Wildman–Crippen MR) is 117 cm³/mol. The average Bonchev–Trinajstić information content (AvgIpc) is 2.68. The minimum absolute atomic E-state index is 0.0558. The van der Waals surface area contributed by atoms with Crippen LogP contribution in [0.15, 0.2) is 72.8 Å². The summed E-state index contributed by atoms with van der Waals surface area (Å²) in [5.74, 6) is -0.470. The molecule has 0 saturated heterocycles. The van der Waals surface area contributed by atoms with Crippen LogP contribution in [0, 0.1) is 0 Å². The van der Waals surface area contributed by atoms with Crippen molar-refractivity contribution in [1.29, 1.82) is 0 Å². The summed E-state index contributed by atoms with van der Waals surface area (Å²) in [5.41, 5.74) is 2.70. The Bertz CT molecular complexity index is 1050. The predicted octanol–water partition coefficient (Wildman–Crippen LogP) is 5.13. The standard InChI is InChI=1S/C22H17Cl2N3O2/c23-15-10-16(24)12-17(11-15)25-22(29)21(14-6-2-1-3-7-14)27-13-20(28)26-18-8-4-5-9-19(18)27/h1-12,21H,13H2,(H,25,29)(H,26,28). The van der Waals surface area contributed by atoms with Gasteiger partial charge in [-0.3, -0.25) is 9.59 Å². The first-order valence-electron chi connectivity index (χ1n) is 8.99. The Kier molecular flexibility index (Phi) is 5.43. The van der Waals surface area contributed by atoms with E-state index in [0.29, 0.717) is 21.4 Å². The van der Waals surface area contributed by atoms with E-state index in [1.165, 1.54) is 0 Å². The van der Waals surface area contributed by atoms with Crippen LogP contribution in [0.4, 0.5) is 17.1 Å². The first kappa shape index (κ1) is 19.3. The summed E-state index contributed by atoms with van der Waals surface area (Å²) >= 11 is 12.1. The van der Waals surface area contributed by atoms with Gasteiger partial charge in [-0.05, 0) is 35.9 Å². The van der Waals surface area contributed by atoms with Crippen LogP contribution in [-0.2, 0) is 9.59 Å². The van der Waals surface area contributed by atoms with Gasteiger partial charge in [-0.2, -0.15) is 0 Å². The number of fused-ring (bicyclic) bond motifs is 1. The SMILES string of the molecule is O=C1CN(C(C(=O)Nc2cc(Cl)cc(Cl)c2)c2ccccc2)c2ccccc2N1. The molecule has 7 heteroatoms. The molecule has 1 unspecified atom stereocenters. The lowest BCUT2D eigenvalue weighted by atomic mass is 10.0. The number of para-hydroxylation sites is 2. The number of rotatable bonds is 4. The molecule has 0 fully saturated rings. The van der Waals surface area contributed by atoms with Gasteiger partial charge < -0.3 is 15.5 Å². The first-order valence-corrected chi connectivity index (χ1v) is 9.74. The minimum Gasteiger partial charge on any atom is -0.345 e. The van der Waals surface area contributed by atoms with Gasteiger partial charge in [0.1, 0.15) is 6.04 Å². The molecule has 2 amide bonds. The number of halogens is 2. The normalized spacial score (nSPS) is 14.0. The largest absolute Gasteiger partial charge is 0.345 e. The van der Waals surface area contributed by atoms with E-state index in [4.69, 9.17) is 23.2 Å². The van der Waals surface area contributed by atoms with E-state index < -0.39 is 6.04 Å². The lowest BCUT2D eigenvalue weighted by Crippen LogP contribution is -2.45. The number of nitrogens with zero attached hydrogens (tertiary/aromatic N) is 1. The molecule has 146 valence electrons. The van der Waals surface area contributed by atoms with E-state index in [0.717, 1.165) is 11.3 Å². The van der Waals surface area contributed by atoms with Crippen molar-refractivity contribution >= 4 is 52.1 Å². The second-order valence-electron chi connectivity index (χ2n) is 6.65. The van der Waals surface area contributed by atoms with Crippen LogP contribution in [0.5, 0.6) is 0 Å². The zero-order valence-corrected chi connectivity index (χ0v) is 16.7. The highest BCUT2D eigenvalue weighted by molar-refractivity contribution is 6.35. The molecule has 0 aromatic heterocycles. The highest BCUT2D eigenvalue weighted by atomic mass is 35.5. The fourth-order valence-electron chi connectivity index (χ4n) is 3.43. The van der Waals surface area contributed by atoms with Gasteiger partial charge in [0.25, 0.3) is 5.91 Å². The van der Waals surface area contributed by atoms with E-state index in [-0.39, 0.29) is 18.4 Å². The van der Waals surface area contributed by atoms with Crippen molar-refractivity contribution < 1.29 is 9.59 Å². The zero-order chi connectivity index (χ0) is 20.4. The van der Waals surface area contributed by atoms with Crippen molar-refractivity contribution in [1.82, 2.24) is 0 Å². The topological polar surface area (TPSA) is 61.4 Å². The molecule has 0 saturated carbocycles. The Morgan fingerprint density at radius 2 is 1.62 bits per heavy atom. The quantitative estimate of drug-likeness (QED) is 0.608. The molecule has 1 atom stereocenters. The van der Waals surface area contributed by atoms with Crippen molar-refractivity contribution in [3.05, 3.63) is 88.4 Å². The molecule has 29 heavy (non-hydrogen) atoms. The van der Waals surface area contributed by atoms with Crippen molar-refractivity contribution in [2.45, 2.75) is 6.04 Å². The Balaban J connectivity index is 1.75. The minimum atomic E-state index is -0.721. The maximum atomic E-state index is 13.4. The first-order chi connectivity index (χ1) is 14.0. The molecule has 2 N–H and O–H groups in total. The molecular formula is C22H17Cl2N3O2. The number of nitrogens with one attached hydrogen (secondary N) is 2. The Morgan fingerprint density at radius 3 is 2.34 bits per heavy atom. The third kappa shape index (κ3) is 4.21. The van der Waals surface area contributed by atoms with Gasteiger partial charge in [0.15, 0.2) is 0 Å². The number of benzene rings is 3.